The zero-order valence-corrected chi connectivity index (χ0v) is 13.1. The highest BCUT2D eigenvalue weighted by molar-refractivity contribution is 7.99. The van der Waals surface area contributed by atoms with E-state index in [9.17, 15) is 10.1 Å². The molecule has 8 heteroatoms. The number of nitrogens with zero attached hydrogens (tertiary/aromatic N) is 3. The maximum Gasteiger partial charge on any atom is 0.353 e. The van der Waals surface area contributed by atoms with Gasteiger partial charge in [-0.1, -0.05) is 6.92 Å². The van der Waals surface area contributed by atoms with Crippen molar-refractivity contribution in [1.29, 1.82) is 0 Å². The van der Waals surface area contributed by atoms with Crippen LogP contribution in [0.1, 0.15) is 27.2 Å². The van der Waals surface area contributed by atoms with Gasteiger partial charge in [0.2, 0.25) is 11.6 Å². The van der Waals surface area contributed by atoms with Crippen molar-refractivity contribution in [3.05, 3.63) is 16.4 Å². The molecule has 0 aliphatic rings. The second-order valence-corrected chi connectivity index (χ2v) is 6.43. The Morgan fingerprint density at radius 2 is 1.95 bits per heavy atom. The molecule has 20 heavy (non-hydrogen) atoms. The Morgan fingerprint density at radius 3 is 2.45 bits per heavy atom. The van der Waals surface area contributed by atoms with E-state index in [-0.39, 0.29) is 22.1 Å². The third-order valence-electron chi connectivity index (χ3n) is 2.78. The molecule has 0 aliphatic heterocycles. The van der Waals surface area contributed by atoms with Gasteiger partial charge in [0.25, 0.3) is 0 Å². The largest absolute Gasteiger partial charge is 0.364 e. The van der Waals surface area contributed by atoms with Crippen LogP contribution in [0.25, 0.3) is 0 Å². The topological polar surface area (TPSA) is 93.0 Å². The van der Waals surface area contributed by atoms with Crippen LogP contribution in [0.5, 0.6) is 0 Å². The van der Waals surface area contributed by atoms with E-state index in [0.29, 0.717) is 13.1 Å². The summed E-state index contributed by atoms with van der Waals surface area (Å²) in [5, 5.41) is 17.2. The van der Waals surface area contributed by atoms with E-state index in [4.69, 9.17) is 0 Å². The lowest BCUT2D eigenvalue weighted by Crippen LogP contribution is -2.26. The Balaban J connectivity index is 2.97. The van der Waals surface area contributed by atoms with Crippen molar-refractivity contribution in [1.82, 2.24) is 9.97 Å². The van der Waals surface area contributed by atoms with Crippen LogP contribution in [0.4, 0.5) is 17.3 Å². The van der Waals surface area contributed by atoms with Gasteiger partial charge in [0.05, 0.1) is 4.92 Å². The fraction of sp³-hybridized carbons (Fsp3) is 0.667. The third kappa shape index (κ3) is 4.52. The van der Waals surface area contributed by atoms with Crippen molar-refractivity contribution >= 4 is 29.1 Å². The summed E-state index contributed by atoms with van der Waals surface area (Å²) in [6.07, 6.45) is 4.20. The summed E-state index contributed by atoms with van der Waals surface area (Å²) < 4.78 is -0.0319. The van der Waals surface area contributed by atoms with Crippen molar-refractivity contribution in [3.63, 3.8) is 0 Å². The summed E-state index contributed by atoms with van der Waals surface area (Å²) >= 11 is 1.69. The second-order valence-electron chi connectivity index (χ2n) is 4.92. The van der Waals surface area contributed by atoms with Gasteiger partial charge in [-0.15, -0.1) is 0 Å². The quantitative estimate of drug-likeness (QED) is 0.563. The van der Waals surface area contributed by atoms with Crippen molar-refractivity contribution < 1.29 is 4.92 Å². The molecule has 112 valence electrons. The minimum atomic E-state index is -0.452. The molecule has 1 rings (SSSR count). The van der Waals surface area contributed by atoms with Gasteiger partial charge >= 0.3 is 5.69 Å². The van der Waals surface area contributed by atoms with Crippen molar-refractivity contribution in [2.75, 3.05) is 30.0 Å². The smallest absolute Gasteiger partial charge is 0.353 e. The van der Waals surface area contributed by atoms with Crippen molar-refractivity contribution in [2.24, 2.45) is 0 Å². The van der Waals surface area contributed by atoms with Crippen LogP contribution < -0.4 is 10.6 Å². The molecule has 0 aliphatic carbocycles. The Hall–Kier alpha value is -1.57. The number of rotatable bonds is 8. The molecule has 7 nitrogen and oxygen atoms in total. The SMILES string of the molecule is CCCNc1ncnc(NCC(C)(C)SC)c1[N+](=O)[O-]. The molecule has 0 spiro atoms. The molecule has 0 atom stereocenters. The minimum absolute atomic E-state index is 0.0319. The average Bonchev–Trinajstić information content (AvgIpc) is 2.42. The van der Waals surface area contributed by atoms with Crippen LogP contribution in [0.2, 0.25) is 0 Å². The molecule has 0 unspecified atom stereocenters. The summed E-state index contributed by atoms with van der Waals surface area (Å²) in [5.41, 5.74) is -0.0992. The number of nitrogens with one attached hydrogen (secondary N) is 2. The number of aromatic nitrogens is 2. The molecule has 0 fully saturated rings. The van der Waals surface area contributed by atoms with E-state index in [1.165, 1.54) is 6.33 Å². The summed E-state index contributed by atoms with van der Waals surface area (Å²) in [6, 6.07) is 0. The Labute approximate surface area is 123 Å². The maximum absolute atomic E-state index is 11.2. The highest BCUT2D eigenvalue weighted by atomic mass is 32.2. The standard InChI is InChI=1S/C12H21N5O2S/c1-5-6-13-10-9(17(18)19)11(16-8-15-10)14-7-12(2,3)20-4/h8H,5-7H2,1-4H3,(H2,13,14,15,16). The van der Waals surface area contributed by atoms with Gasteiger partial charge in [-0.2, -0.15) is 11.8 Å². The molecule has 0 amide bonds. The summed E-state index contributed by atoms with van der Waals surface area (Å²) in [5.74, 6) is 0.516. The average molecular weight is 299 g/mol. The number of nitro groups is 1. The molecule has 1 aromatic heterocycles. The fourth-order valence-corrected chi connectivity index (χ4v) is 1.64. The van der Waals surface area contributed by atoms with Crippen LogP contribution in [-0.2, 0) is 0 Å². The minimum Gasteiger partial charge on any atom is -0.364 e. The van der Waals surface area contributed by atoms with E-state index < -0.39 is 4.92 Å². The molecular weight excluding hydrogens is 278 g/mol. The number of hydrogen-bond donors (Lipinski definition) is 2. The highest BCUT2D eigenvalue weighted by Crippen LogP contribution is 2.30. The zero-order chi connectivity index (χ0) is 15.2. The molecule has 0 saturated carbocycles. The third-order valence-corrected chi connectivity index (χ3v) is 4.03. The molecule has 1 aromatic rings. The monoisotopic (exact) mass is 299 g/mol. The zero-order valence-electron chi connectivity index (χ0n) is 12.3. The lowest BCUT2D eigenvalue weighted by molar-refractivity contribution is -0.383. The normalized spacial score (nSPS) is 11.2. The predicted molar refractivity (Wildman–Crippen MR) is 83.6 cm³/mol. The van der Waals surface area contributed by atoms with Gasteiger partial charge in [0, 0.05) is 17.8 Å². The number of anilines is 2. The molecule has 0 bridgehead atoms. The van der Waals surface area contributed by atoms with Gasteiger partial charge < -0.3 is 10.6 Å². The lowest BCUT2D eigenvalue weighted by Gasteiger charge is -2.22. The first-order chi connectivity index (χ1) is 9.41. The summed E-state index contributed by atoms with van der Waals surface area (Å²) in [6.45, 7) is 7.33. The Morgan fingerprint density at radius 1 is 1.35 bits per heavy atom. The van der Waals surface area contributed by atoms with Crippen LogP contribution in [0.15, 0.2) is 6.33 Å². The molecule has 0 saturated heterocycles. The Kier molecular flexibility index (Phi) is 6.00. The number of thioether (sulfide) groups is 1. The first kappa shape index (κ1) is 16.5. The summed E-state index contributed by atoms with van der Waals surface area (Å²) in [4.78, 5) is 18.7. The molecular formula is C12H21N5O2S. The molecule has 1 heterocycles. The Bertz CT molecular complexity index is 467. The number of hydrogen-bond acceptors (Lipinski definition) is 7. The van der Waals surface area contributed by atoms with E-state index >= 15 is 0 Å². The van der Waals surface area contributed by atoms with E-state index in [2.05, 4.69) is 34.4 Å². The van der Waals surface area contributed by atoms with Gasteiger partial charge in [0.15, 0.2) is 0 Å². The van der Waals surface area contributed by atoms with Crippen LogP contribution in [-0.4, -0.2) is 39.0 Å². The van der Waals surface area contributed by atoms with Gasteiger partial charge in [-0.3, -0.25) is 10.1 Å². The molecule has 0 aromatic carbocycles. The van der Waals surface area contributed by atoms with Crippen molar-refractivity contribution in [2.45, 2.75) is 31.9 Å². The predicted octanol–water partition coefficient (Wildman–Crippen LogP) is 2.76. The van der Waals surface area contributed by atoms with Gasteiger partial charge in [-0.05, 0) is 26.5 Å². The molecule has 2 N–H and O–H groups in total. The van der Waals surface area contributed by atoms with E-state index in [1.54, 1.807) is 11.8 Å². The first-order valence-corrected chi connectivity index (χ1v) is 7.66. The first-order valence-electron chi connectivity index (χ1n) is 6.43. The van der Waals surface area contributed by atoms with E-state index in [1.807, 2.05) is 13.2 Å². The van der Waals surface area contributed by atoms with Crippen molar-refractivity contribution in [3.8, 4) is 0 Å². The van der Waals surface area contributed by atoms with Gasteiger partial charge in [0.1, 0.15) is 6.33 Å². The summed E-state index contributed by atoms with van der Waals surface area (Å²) in [7, 11) is 0. The molecule has 0 radical (unpaired) electrons. The maximum atomic E-state index is 11.2. The second kappa shape index (κ2) is 7.28. The van der Waals surface area contributed by atoms with Gasteiger partial charge in [-0.25, -0.2) is 9.97 Å². The van der Waals surface area contributed by atoms with Crippen LogP contribution in [0.3, 0.4) is 0 Å². The van der Waals surface area contributed by atoms with Crippen LogP contribution in [0, 0.1) is 10.1 Å². The highest BCUT2D eigenvalue weighted by Gasteiger charge is 2.24. The lowest BCUT2D eigenvalue weighted by atomic mass is 10.2. The van der Waals surface area contributed by atoms with Crippen LogP contribution >= 0.6 is 11.8 Å². The van der Waals surface area contributed by atoms with E-state index in [0.717, 1.165) is 6.42 Å². The fourth-order valence-electron chi connectivity index (χ4n) is 1.42.